The quantitative estimate of drug-likeness (QED) is 0.879. The van der Waals surface area contributed by atoms with Crippen molar-refractivity contribution < 1.29 is 14.6 Å². The molecule has 0 atom stereocenters. The minimum atomic E-state index is -0.963. The molecule has 4 saturated carbocycles. The average Bonchev–Trinajstić information content (AvgIpc) is 2.44. The maximum Gasteiger partial charge on any atom is 0.335 e. The molecule has 0 amide bonds. The predicted molar refractivity (Wildman–Crippen MR) is 84.5 cm³/mol. The van der Waals surface area contributed by atoms with Gasteiger partial charge < -0.3 is 9.84 Å². The number of aromatic carboxylic acids is 1. The number of ether oxygens (including phenoxy) is 1. The van der Waals surface area contributed by atoms with Crippen molar-refractivity contribution in [1.82, 2.24) is 0 Å². The topological polar surface area (TPSA) is 46.5 Å². The summed E-state index contributed by atoms with van der Waals surface area (Å²) in [5, 5.41) is 9.38. The summed E-state index contributed by atoms with van der Waals surface area (Å²) in [5.74, 6) is 2.36. The fraction of sp³-hybridized carbons (Fsp3) is 0.611. The Labute approximate surface area is 135 Å². The van der Waals surface area contributed by atoms with Gasteiger partial charge in [0.15, 0.2) is 0 Å². The number of carboxylic acids is 1. The third kappa shape index (κ3) is 2.50. The van der Waals surface area contributed by atoms with E-state index < -0.39 is 5.97 Å². The normalized spacial score (nSPS) is 35.6. The number of benzene rings is 1. The zero-order valence-corrected chi connectivity index (χ0v) is 13.3. The molecule has 22 heavy (non-hydrogen) atoms. The first-order valence-electron chi connectivity index (χ1n) is 8.19. The van der Waals surface area contributed by atoms with Crippen molar-refractivity contribution >= 4 is 17.6 Å². The Kier molecular flexibility index (Phi) is 3.37. The maximum atomic E-state index is 11.0. The second-order valence-electron chi connectivity index (χ2n) is 7.66. The highest BCUT2D eigenvalue weighted by molar-refractivity contribution is 6.32. The lowest BCUT2D eigenvalue weighted by molar-refractivity contribution is -0.0745. The van der Waals surface area contributed by atoms with Crippen LogP contribution < -0.4 is 4.74 Å². The highest BCUT2D eigenvalue weighted by atomic mass is 35.5. The summed E-state index contributed by atoms with van der Waals surface area (Å²) in [4.78, 5) is 11.0. The molecule has 0 spiro atoms. The van der Waals surface area contributed by atoms with E-state index in [-0.39, 0.29) is 5.56 Å². The standard InChI is InChI=1S/C18H21ClO3/c19-15-6-14(17(20)21)1-2-16(15)22-10-18-7-11-3-12(8-18)5-13(4-11)9-18/h1-2,6,11-13H,3-5,7-10H2,(H,20,21). The van der Waals surface area contributed by atoms with Crippen molar-refractivity contribution in [3.63, 3.8) is 0 Å². The first kappa shape index (κ1) is 14.4. The number of hydrogen-bond acceptors (Lipinski definition) is 2. The molecule has 4 aliphatic carbocycles. The fourth-order valence-corrected chi connectivity index (χ4v) is 5.68. The molecular formula is C18H21ClO3. The Bertz CT molecular complexity index is 575. The van der Waals surface area contributed by atoms with E-state index >= 15 is 0 Å². The Balaban J connectivity index is 1.48. The third-order valence-corrected chi connectivity index (χ3v) is 6.17. The van der Waals surface area contributed by atoms with E-state index in [1.54, 1.807) is 12.1 Å². The summed E-state index contributed by atoms with van der Waals surface area (Å²) >= 11 is 6.17. The zero-order valence-electron chi connectivity index (χ0n) is 12.6. The van der Waals surface area contributed by atoms with Gasteiger partial charge in [-0.2, -0.15) is 0 Å². The molecule has 0 radical (unpaired) electrons. The van der Waals surface area contributed by atoms with Crippen LogP contribution >= 0.6 is 11.6 Å². The first-order chi connectivity index (χ1) is 10.5. The van der Waals surface area contributed by atoms with Gasteiger partial charge in [0.1, 0.15) is 5.75 Å². The summed E-state index contributed by atoms with van der Waals surface area (Å²) in [6.07, 6.45) is 8.16. The predicted octanol–water partition coefficient (Wildman–Crippen LogP) is 4.63. The van der Waals surface area contributed by atoms with Crippen molar-refractivity contribution in [1.29, 1.82) is 0 Å². The monoisotopic (exact) mass is 320 g/mol. The number of carbonyl (C=O) groups is 1. The van der Waals surface area contributed by atoms with Gasteiger partial charge >= 0.3 is 5.97 Å². The molecule has 3 nitrogen and oxygen atoms in total. The minimum absolute atomic E-state index is 0.201. The molecule has 1 N–H and O–H groups in total. The largest absolute Gasteiger partial charge is 0.491 e. The van der Waals surface area contributed by atoms with E-state index in [4.69, 9.17) is 21.4 Å². The molecular weight excluding hydrogens is 300 g/mol. The van der Waals surface area contributed by atoms with Gasteiger partial charge in [-0.3, -0.25) is 0 Å². The molecule has 118 valence electrons. The van der Waals surface area contributed by atoms with Crippen LogP contribution in [-0.2, 0) is 0 Å². The lowest BCUT2D eigenvalue weighted by atomic mass is 9.50. The molecule has 4 aliphatic rings. The van der Waals surface area contributed by atoms with Crippen LogP contribution in [0, 0.1) is 23.2 Å². The lowest BCUT2D eigenvalue weighted by Crippen LogP contribution is -2.48. The van der Waals surface area contributed by atoms with E-state index in [2.05, 4.69) is 0 Å². The Morgan fingerprint density at radius 2 is 1.77 bits per heavy atom. The molecule has 4 heteroatoms. The summed E-state index contributed by atoms with van der Waals surface area (Å²) in [5.41, 5.74) is 0.538. The number of rotatable bonds is 4. The second-order valence-corrected chi connectivity index (χ2v) is 8.06. The zero-order chi connectivity index (χ0) is 15.3. The second kappa shape index (κ2) is 5.16. The van der Waals surface area contributed by atoms with Gasteiger partial charge in [0.2, 0.25) is 0 Å². The van der Waals surface area contributed by atoms with E-state index in [9.17, 15) is 4.79 Å². The minimum Gasteiger partial charge on any atom is -0.491 e. The van der Waals surface area contributed by atoms with Crippen molar-refractivity contribution in [2.75, 3.05) is 6.61 Å². The van der Waals surface area contributed by atoms with Gasteiger partial charge in [0.05, 0.1) is 17.2 Å². The van der Waals surface area contributed by atoms with Gasteiger partial charge in [0, 0.05) is 5.41 Å². The summed E-state index contributed by atoms with van der Waals surface area (Å²) in [7, 11) is 0. The smallest absolute Gasteiger partial charge is 0.335 e. The third-order valence-electron chi connectivity index (χ3n) is 5.88. The summed E-state index contributed by atoms with van der Waals surface area (Å²) in [6.45, 7) is 0.725. The molecule has 0 aliphatic heterocycles. The van der Waals surface area contributed by atoms with Crippen molar-refractivity contribution in [2.24, 2.45) is 23.2 Å². The lowest BCUT2D eigenvalue weighted by Gasteiger charge is -2.56. The van der Waals surface area contributed by atoms with Crippen LogP contribution in [0.25, 0.3) is 0 Å². The van der Waals surface area contributed by atoms with Crippen molar-refractivity contribution in [2.45, 2.75) is 38.5 Å². The Morgan fingerprint density at radius 3 is 2.27 bits per heavy atom. The first-order valence-corrected chi connectivity index (χ1v) is 8.56. The summed E-state index contributed by atoms with van der Waals surface area (Å²) < 4.78 is 6.03. The van der Waals surface area contributed by atoms with Crippen LogP contribution in [0.4, 0.5) is 0 Å². The number of hydrogen-bond donors (Lipinski definition) is 1. The van der Waals surface area contributed by atoms with Crippen LogP contribution in [0.1, 0.15) is 48.9 Å². The summed E-state index contributed by atoms with van der Waals surface area (Å²) in [6, 6.07) is 4.72. The van der Waals surface area contributed by atoms with Gasteiger partial charge in [-0.1, -0.05) is 11.6 Å². The highest BCUT2D eigenvalue weighted by Crippen LogP contribution is 2.60. The number of carboxylic acid groups (broad SMARTS) is 1. The molecule has 1 aromatic carbocycles. The fourth-order valence-electron chi connectivity index (χ4n) is 5.45. The molecule has 1 aromatic rings. The van der Waals surface area contributed by atoms with Gasteiger partial charge in [-0.05, 0) is 74.5 Å². The van der Waals surface area contributed by atoms with Crippen LogP contribution in [0.3, 0.4) is 0 Å². The van der Waals surface area contributed by atoms with E-state index in [1.165, 1.54) is 44.6 Å². The molecule has 5 rings (SSSR count). The van der Waals surface area contributed by atoms with Gasteiger partial charge in [-0.15, -0.1) is 0 Å². The molecule has 0 saturated heterocycles. The van der Waals surface area contributed by atoms with Crippen LogP contribution in [0.2, 0.25) is 5.02 Å². The molecule has 4 fully saturated rings. The van der Waals surface area contributed by atoms with E-state index in [0.29, 0.717) is 16.2 Å². The van der Waals surface area contributed by atoms with Gasteiger partial charge in [-0.25, -0.2) is 4.79 Å². The van der Waals surface area contributed by atoms with Crippen LogP contribution in [-0.4, -0.2) is 17.7 Å². The average molecular weight is 321 g/mol. The SMILES string of the molecule is O=C(O)c1ccc(OCC23CC4CC(CC(C4)C2)C3)c(Cl)c1. The molecule has 0 unspecified atom stereocenters. The molecule has 0 aromatic heterocycles. The van der Waals surface area contributed by atoms with Crippen LogP contribution in [0.5, 0.6) is 5.75 Å². The van der Waals surface area contributed by atoms with Gasteiger partial charge in [0.25, 0.3) is 0 Å². The van der Waals surface area contributed by atoms with Crippen molar-refractivity contribution in [3.8, 4) is 5.75 Å². The number of halogens is 1. The highest BCUT2D eigenvalue weighted by Gasteiger charge is 2.51. The van der Waals surface area contributed by atoms with E-state index in [0.717, 1.165) is 24.4 Å². The molecule has 0 heterocycles. The van der Waals surface area contributed by atoms with E-state index in [1.807, 2.05) is 0 Å². The Hall–Kier alpha value is -1.22. The molecule has 4 bridgehead atoms. The maximum absolute atomic E-state index is 11.0. The van der Waals surface area contributed by atoms with Crippen LogP contribution in [0.15, 0.2) is 18.2 Å². The van der Waals surface area contributed by atoms with Crippen molar-refractivity contribution in [3.05, 3.63) is 28.8 Å². The Morgan fingerprint density at radius 1 is 1.18 bits per heavy atom.